The zero-order chi connectivity index (χ0) is 15.6. The first-order valence-corrected chi connectivity index (χ1v) is 8.19. The van der Waals surface area contributed by atoms with Gasteiger partial charge >= 0.3 is 0 Å². The van der Waals surface area contributed by atoms with Crippen molar-refractivity contribution in [1.29, 1.82) is 0 Å². The third kappa shape index (κ3) is 3.61. The summed E-state index contributed by atoms with van der Waals surface area (Å²) in [5.74, 6) is -0.117. The second-order valence-corrected chi connectivity index (χ2v) is 6.67. The third-order valence-electron chi connectivity index (χ3n) is 2.95. The monoisotopic (exact) mass is 331 g/mol. The second-order valence-electron chi connectivity index (χ2n) is 4.52. The highest BCUT2D eigenvalue weighted by Crippen LogP contribution is 2.20. The number of nitrogens with one attached hydrogen (secondary N) is 1. The molecule has 0 radical (unpaired) electrons. The molecule has 0 unspecified atom stereocenters. The summed E-state index contributed by atoms with van der Waals surface area (Å²) in [6.07, 6.45) is 3.36. The van der Waals surface area contributed by atoms with E-state index in [2.05, 4.69) is 9.71 Å². The second kappa shape index (κ2) is 6.13. The van der Waals surface area contributed by atoms with Gasteiger partial charge < -0.3 is 4.57 Å². The van der Waals surface area contributed by atoms with Crippen molar-refractivity contribution < 1.29 is 12.8 Å². The first kappa shape index (κ1) is 15.9. The van der Waals surface area contributed by atoms with E-state index in [0.29, 0.717) is 12.4 Å². The predicted octanol–water partition coefficient (Wildman–Crippen LogP) is 2.74. The van der Waals surface area contributed by atoms with E-state index in [1.807, 2.05) is 11.5 Å². The number of hydrogen-bond acceptors (Lipinski definition) is 3. The standard InChI is InChI=1S/C13H15ClFN3O2S/c1-3-18-5-4-16-13(18)9(2)17-21(19,20)12-7-10(14)6-11(15)8-12/h4-9,17H,3H2,1-2H3/t9-/m1/s1. The Morgan fingerprint density at radius 1 is 1.43 bits per heavy atom. The number of aryl methyl sites for hydroxylation is 1. The van der Waals surface area contributed by atoms with E-state index in [1.165, 1.54) is 6.07 Å². The van der Waals surface area contributed by atoms with Gasteiger partial charge in [-0.05, 0) is 32.0 Å². The first-order valence-electron chi connectivity index (χ1n) is 6.33. The summed E-state index contributed by atoms with van der Waals surface area (Å²) in [4.78, 5) is 3.92. The summed E-state index contributed by atoms with van der Waals surface area (Å²) in [7, 11) is -3.88. The van der Waals surface area contributed by atoms with Gasteiger partial charge in [-0.2, -0.15) is 0 Å². The lowest BCUT2D eigenvalue weighted by Gasteiger charge is -2.15. The summed E-state index contributed by atoms with van der Waals surface area (Å²) in [5.41, 5.74) is 0. The van der Waals surface area contributed by atoms with Crippen LogP contribution in [0.15, 0.2) is 35.5 Å². The molecular weight excluding hydrogens is 317 g/mol. The minimum atomic E-state index is -3.88. The van der Waals surface area contributed by atoms with Gasteiger partial charge in [0.15, 0.2) is 0 Å². The minimum absolute atomic E-state index is 0.0260. The summed E-state index contributed by atoms with van der Waals surface area (Å²) >= 11 is 5.69. The molecule has 1 aromatic carbocycles. The number of sulfonamides is 1. The average molecular weight is 332 g/mol. The Bertz CT molecular complexity index is 725. The molecule has 0 saturated heterocycles. The fraction of sp³-hybridized carbons (Fsp3) is 0.308. The van der Waals surface area contributed by atoms with Crippen LogP contribution in [0.3, 0.4) is 0 Å². The molecule has 0 aliphatic rings. The molecule has 114 valence electrons. The van der Waals surface area contributed by atoms with Crippen LogP contribution in [-0.2, 0) is 16.6 Å². The van der Waals surface area contributed by atoms with E-state index < -0.39 is 21.9 Å². The molecule has 0 fully saturated rings. The molecule has 1 atom stereocenters. The number of nitrogens with zero attached hydrogens (tertiary/aromatic N) is 2. The quantitative estimate of drug-likeness (QED) is 0.916. The molecule has 2 rings (SSSR count). The maximum absolute atomic E-state index is 13.3. The van der Waals surface area contributed by atoms with Crippen molar-refractivity contribution >= 4 is 21.6 Å². The van der Waals surface area contributed by atoms with Crippen LogP contribution in [0.5, 0.6) is 0 Å². The van der Waals surface area contributed by atoms with Crippen molar-refractivity contribution in [3.8, 4) is 0 Å². The topological polar surface area (TPSA) is 64.0 Å². The molecule has 8 heteroatoms. The molecule has 0 aliphatic heterocycles. The average Bonchev–Trinajstić information content (AvgIpc) is 2.85. The molecule has 0 bridgehead atoms. The van der Waals surface area contributed by atoms with Crippen LogP contribution in [0.4, 0.5) is 4.39 Å². The van der Waals surface area contributed by atoms with Gasteiger partial charge in [-0.1, -0.05) is 11.6 Å². The molecule has 0 amide bonds. The maximum Gasteiger partial charge on any atom is 0.241 e. The van der Waals surface area contributed by atoms with Crippen molar-refractivity contribution in [2.75, 3.05) is 0 Å². The number of halogens is 2. The fourth-order valence-corrected chi connectivity index (χ4v) is 3.55. The number of rotatable bonds is 5. The van der Waals surface area contributed by atoms with E-state index in [-0.39, 0.29) is 9.92 Å². The summed E-state index contributed by atoms with van der Waals surface area (Å²) < 4.78 is 42.1. The SMILES string of the molecule is CCn1ccnc1[C@@H](C)NS(=O)(=O)c1cc(F)cc(Cl)c1. The molecule has 2 aromatic rings. The van der Waals surface area contributed by atoms with Crippen LogP contribution in [0, 0.1) is 5.82 Å². The van der Waals surface area contributed by atoms with Gasteiger partial charge in [-0.3, -0.25) is 0 Å². The Kier molecular flexibility index (Phi) is 4.65. The van der Waals surface area contributed by atoms with Gasteiger partial charge in [0.25, 0.3) is 0 Å². The first-order chi connectivity index (χ1) is 9.83. The van der Waals surface area contributed by atoms with Crippen LogP contribution in [0.1, 0.15) is 25.7 Å². The van der Waals surface area contributed by atoms with Crippen molar-refractivity contribution in [2.45, 2.75) is 31.3 Å². The maximum atomic E-state index is 13.3. The highest BCUT2D eigenvalue weighted by molar-refractivity contribution is 7.89. The van der Waals surface area contributed by atoms with E-state index in [9.17, 15) is 12.8 Å². The number of aromatic nitrogens is 2. The van der Waals surface area contributed by atoms with Gasteiger partial charge in [0.05, 0.1) is 10.9 Å². The Labute approximate surface area is 127 Å². The molecular formula is C13H15ClFN3O2S. The lowest BCUT2D eigenvalue weighted by Crippen LogP contribution is -2.29. The zero-order valence-electron chi connectivity index (χ0n) is 11.5. The zero-order valence-corrected chi connectivity index (χ0v) is 13.1. The van der Waals surface area contributed by atoms with Crippen molar-refractivity contribution in [2.24, 2.45) is 0 Å². The van der Waals surface area contributed by atoms with E-state index in [0.717, 1.165) is 12.1 Å². The molecule has 0 spiro atoms. The highest BCUT2D eigenvalue weighted by Gasteiger charge is 2.22. The Hall–Kier alpha value is -1.44. The van der Waals surface area contributed by atoms with Crippen molar-refractivity contribution in [1.82, 2.24) is 14.3 Å². The number of imidazole rings is 1. The van der Waals surface area contributed by atoms with Crippen molar-refractivity contribution in [3.05, 3.63) is 47.3 Å². The van der Waals surface area contributed by atoms with Crippen molar-refractivity contribution in [3.63, 3.8) is 0 Å². The largest absolute Gasteiger partial charge is 0.334 e. The molecule has 0 saturated carbocycles. The predicted molar refractivity (Wildman–Crippen MR) is 78.0 cm³/mol. The molecule has 1 N–H and O–H groups in total. The molecule has 5 nitrogen and oxygen atoms in total. The lowest BCUT2D eigenvalue weighted by atomic mass is 10.3. The summed E-state index contributed by atoms with van der Waals surface area (Å²) in [6.45, 7) is 4.28. The summed E-state index contributed by atoms with van der Waals surface area (Å²) in [6, 6.07) is 2.62. The number of hydrogen-bond donors (Lipinski definition) is 1. The fourth-order valence-electron chi connectivity index (χ4n) is 2.01. The van der Waals surface area contributed by atoms with Gasteiger partial charge in [0.2, 0.25) is 10.0 Å². The Morgan fingerprint density at radius 3 is 2.76 bits per heavy atom. The number of benzene rings is 1. The smallest absolute Gasteiger partial charge is 0.241 e. The lowest BCUT2D eigenvalue weighted by molar-refractivity contribution is 0.545. The highest BCUT2D eigenvalue weighted by atomic mass is 35.5. The molecule has 1 heterocycles. The Morgan fingerprint density at radius 2 is 2.14 bits per heavy atom. The molecule has 1 aromatic heterocycles. The molecule has 0 aliphatic carbocycles. The molecule has 21 heavy (non-hydrogen) atoms. The van der Waals surface area contributed by atoms with Gasteiger partial charge in [0, 0.05) is 24.0 Å². The third-order valence-corrected chi connectivity index (χ3v) is 4.69. The van der Waals surface area contributed by atoms with Crippen LogP contribution < -0.4 is 4.72 Å². The van der Waals surface area contributed by atoms with E-state index in [4.69, 9.17) is 11.6 Å². The van der Waals surface area contributed by atoms with E-state index in [1.54, 1.807) is 19.3 Å². The van der Waals surface area contributed by atoms with Gasteiger partial charge in [0.1, 0.15) is 11.6 Å². The van der Waals surface area contributed by atoms with Crippen LogP contribution >= 0.6 is 11.6 Å². The summed E-state index contributed by atoms with van der Waals surface area (Å²) in [5, 5.41) is 0.0260. The van der Waals surface area contributed by atoms with E-state index >= 15 is 0 Å². The Balaban J connectivity index is 2.29. The van der Waals surface area contributed by atoms with Crippen LogP contribution in [0.25, 0.3) is 0 Å². The minimum Gasteiger partial charge on any atom is -0.334 e. The van der Waals surface area contributed by atoms with Gasteiger partial charge in [-0.25, -0.2) is 22.5 Å². The van der Waals surface area contributed by atoms with Crippen LogP contribution in [0.2, 0.25) is 5.02 Å². The van der Waals surface area contributed by atoms with Gasteiger partial charge in [-0.15, -0.1) is 0 Å². The normalized spacial score (nSPS) is 13.3. The van der Waals surface area contributed by atoms with Crippen LogP contribution in [-0.4, -0.2) is 18.0 Å².